The number of aromatic nitrogens is 3. The molecule has 0 atom stereocenters. The van der Waals surface area contributed by atoms with Crippen LogP contribution in [0.1, 0.15) is 10.7 Å². The van der Waals surface area contributed by atoms with Crippen molar-refractivity contribution in [1.29, 1.82) is 0 Å². The fourth-order valence-corrected chi connectivity index (χ4v) is 3.58. The van der Waals surface area contributed by atoms with Crippen LogP contribution >= 0.6 is 34.5 Å². The van der Waals surface area contributed by atoms with Gasteiger partial charge in [-0.25, -0.2) is 9.97 Å². The Hall–Kier alpha value is -2.41. The molecule has 0 N–H and O–H groups in total. The van der Waals surface area contributed by atoms with Gasteiger partial charge in [0.25, 0.3) is 5.56 Å². The molecule has 27 heavy (non-hydrogen) atoms. The smallest absolute Gasteiger partial charge is 0.261 e. The van der Waals surface area contributed by atoms with Crippen molar-refractivity contribution in [1.82, 2.24) is 14.5 Å². The van der Waals surface area contributed by atoms with Gasteiger partial charge in [0, 0.05) is 15.4 Å². The zero-order valence-corrected chi connectivity index (χ0v) is 16.3. The molecule has 0 saturated carbocycles. The average molecular weight is 418 g/mol. The van der Waals surface area contributed by atoms with Crippen LogP contribution in [0.2, 0.25) is 10.0 Å². The van der Waals surface area contributed by atoms with Gasteiger partial charge in [-0.1, -0.05) is 23.2 Å². The molecular weight excluding hydrogens is 405 g/mol. The Morgan fingerprint density at radius 1 is 1.07 bits per heavy atom. The summed E-state index contributed by atoms with van der Waals surface area (Å²) in [6.45, 7) is 0.693. The van der Waals surface area contributed by atoms with E-state index in [2.05, 4.69) is 9.97 Å². The molecule has 0 spiro atoms. The van der Waals surface area contributed by atoms with Crippen molar-refractivity contribution in [2.24, 2.45) is 0 Å². The monoisotopic (exact) mass is 417 g/mol. The molecule has 136 valence electrons. The first-order chi connectivity index (χ1) is 13.1. The third-order valence-corrected chi connectivity index (χ3v) is 5.25. The Balaban J connectivity index is 1.49. The molecular formula is C19H13Cl2N3O2S. The van der Waals surface area contributed by atoms with E-state index in [0.29, 0.717) is 34.1 Å². The summed E-state index contributed by atoms with van der Waals surface area (Å²) in [4.78, 5) is 21.5. The molecule has 5 nitrogen and oxygen atoms in total. The number of hydrogen-bond donors (Lipinski definition) is 0. The lowest BCUT2D eigenvalue weighted by Gasteiger charge is -2.05. The van der Waals surface area contributed by atoms with Crippen LogP contribution in [0.3, 0.4) is 0 Å². The van der Waals surface area contributed by atoms with Crippen molar-refractivity contribution < 1.29 is 4.74 Å². The van der Waals surface area contributed by atoms with Gasteiger partial charge in [-0.15, -0.1) is 11.3 Å². The van der Waals surface area contributed by atoms with Crippen LogP contribution in [0.4, 0.5) is 0 Å². The van der Waals surface area contributed by atoms with Gasteiger partial charge in [0.05, 0.1) is 29.5 Å². The Morgan fingerprint density at radius 3 is 2.67 bits per heavy atom. The number of benzene rings is 2. The first kappa shape index (κ1) is 18.0. The van der Waals surface area contributed by atoms with Gasteiger partial charge in [0.2, 0.25) is 0 Å². The minimum Gasteiger partial charge on any atom is -0.486 e. The quantitative estimate of drug-likeness (QED) is 0.468. The third kappa shape index (κ3) is 4.13. The summed E-state index contributed by atoms with van der Waals surface area (Å²) < 4.78 is 7.22. The summed E-state index contributed by atoms with van der Waals surface area (Å²) in [6, 6.07) is 12.2. The number of rotatable bonds is 5. The van der Waals surface area contributed by atoms with E-state index < -0.39 is 0 Å². The molecule has 0 unspecified atom stereocenters. The minimum atomic E-state index is -0.144. The van der Waals surface area contributed by atoms with E-state index in [1.165, 1.54) is 22.2 Å². The first-order valence-corrected chi connectivity index (χ1v) is 9.68. The lowest BCUT2D eigenvalue weighted by Crippen LogP contribution is -2.21. The molecule has 0 aliphatic heterocycles. The maximum atomic E-state index is 12.6. The topological polar surface area (TPSA) is 57.0 Å². The standard InChI is InChI=1S/C19H13Cl2N3O2S/c20-12-1-4-15(5-2-12)26-9-18-23-14(10-27-18)8-24-11-22-17-6-3-13(21)7-16(17)19(24)25/h1-7,10-11H,8-9H2. The summed E-state index contributed by atoms with van der Waals surface area (Å²) in [7, 11) is 0. The third-order valence-electron chi connectivity index (χ3n) is 3.89. The predicted molar refractivity (Wildman–Crippen MR) is 108 cm³/mol. The predicted octanol–water partition coefficient (Wildman–Crippen LogP) is 4.79. The van der Waals surface area contributed by atoms with Crippen LogP contribution in [0.5, 0.6) is 5.75 Å². The van der Waals surface area contributed by atoms with E-state index in [4.69, 9.17) is 27.9 Å². The van der Waals surface area contributed by atoms with Gasteiger partial charge < -0.3 is 4.74 Å². The Bertz CT molecular complexity index is 1160. The van der Waals surface area contributed by atoms with Crippen LogP contribution in [-0.4, -0.2) is 14.5 Å². The second-order valence-electron chi connectivity index (χ2n) is 5.81. The Morgan fingerprint density at radius 2 is 1.85 bits per heavy atom. The fourth-order valence-electron chi connectivity index (χ4n) is 2.58. The molecule has 0 radical (unpaired) electrons. The lowest BCUT2D eigenvalue weighted by atomic mass is 10.2. The van der Waals surface area contributed by atoms with E-state index in [9.17, 15) is 4.79 Å². The molecule has 0 bridgehead atoms. The molecule has 4 rings (SSSR count). The Labute approximate surface area is 168 Å². The van der Waals surface area contributed by atoms with Crippen LogP contribution in [-0.2, 0) is 13.2 Å². The molecule has 0 fully saturated rings. The molecule has 0 aliphatic carbocycles. The van der Waals surface area contributed by atoms with E-state index in [1.807, 2.05) is 17.5 Å². The van der Waals surface area contributed by atoms with Crippen molar-refractivity contribution >= 4 is 45.4 Å². The van der Waals surface area contributed by atoms with Gasteiger partial charge in [0.1, 0.15) is 17.4 Å². The molecule has 0 saturated heterocycles. The number of ether oxygens (including phenoxy) is 1. The van der Waals surface area contributed by atoms with Gasteiger partial charge in [-0.05, 0) is 42.5 Å². The summed E-state index contributed by atoms with van der Waals surface area (Å²) in [6.07, 6.45) is 1.53. The zero-order valence-electron chi connectivity index (χ0n) is 13.9. The number of hydrogen-bond acceptors (Lipinski definition) is 5. The molecule has 0 aliphatic rings. The zero-order chi connectivity index (χ0) is 18.8. The highest BCUT2D eigenvalue weighted by Gasteiger charge is 2.08. The van der Waals surface area contributed by atoms with Gasteiger partial charge in [0.15, 0.2) is 0 Å². The van der Waals surface area contributed by atoms with E-state index in [-0.39, 0.29) is 5.56 Å². The molecule has 2 aromatic carbocycles. The van der Waals surface area contributed by atoms with Crippen molar-refractivity contribution in [3.8, 4) is 5.75 Å². The van der Waals surface area contributed by atoms with Crippen molar-refractivity contribution in [2.45, 2.75) is 13.2 Å². The highest BCUT2D eigenvalue weighted by Crippen LogP contribution is 2.19. The SMILES string of the molecule is O=c1c2cc(Cl)ccc2ncn1Cc1csc(COc2ccc(Cl)cc2)n1. The molecule has 2 heterocycles. The van der Waals surface area contributed by atoms with Crippen LogP contribution in [0, 0.1) is 0 Å². The highest BCUT2D eigenvalue weighted by molar-refractivity contribution is 7.09. The summed E-state index contributed by atoms with van der Waals surface area (Å²) in [5.41, 5.74) is 1.26. The van der Waals surface area contributed by atoms with E-state index >= 15 is 0 Å². The summed E-state index contributed by atoms with van der Waals surface area (Å²) in [5.74, 6) is 0.725. The van der Waals surface area contributed by atoms with Crippen molar-refractivity contribution in [3.63, 3.8) is 0 Å². The number of fused-ring (bicyclic) bond motifs is 1. The molecule has 8 heteroatoms. The average Bonchev–Trinajstić information content (AvgIpc) is 3.11. The normalized spacial score (nSPS) is 11.0. The van der Waals surface area contributed by atoms with Gasteiger partial charge in [-0.3, -0.25) is 9.36 Å². The molecule has 2 aromatic heterocycles. The number of thiazole rings is 1. The largest absolute Gasteiger partial charge is 0.486 e. The maximum Gasteiger partial charge on any atom is 0.261 e. The maximum absolute atomic E-state index is 12.6. The highest BCUT2D eigenvalue weighted by atomic mass is 35.5. The van der Waals surface area contributed by atoms with Gasteiger partial charge >= 0.3 is 0 Å². The van der Waals surface area contributed by atoms with E-state index in [1.54, 1.807) is 30.3 Å². The number of halogens is 2. The Kier molecular flexibility index (Phi) is 5.11. The summed E-state index contributed by atoms with van der Waals surface area (Å²) >= 11 is 13.3. The van der Waals surface area contributed by atoms with Crippen LogP contribution in [0.25, 0.3) is 10.9 Å². The number of nitrogens with zero attached hydrogens (tertiary/aromatic N) is 3. The second kappa shape index (κ2) is 7.68. The van der Waals surface area contributed by atoms with Crippen molar-refractivity contribution in [2.75, 3.05) is 0 Å². The second-order valence-corrected chi connectivity index (χ2v) is 7.63. The van der Waals surface area contributed by atoms with E-state index in [0.717, 1.165) is 16.5 Å². The fraction of sp³-hybridized carbons (Fsp3) is 0.105. The van der Waals surface area contributed by atoms with Gasteiger partial charge in [-0.2, -0.15) is 0 Å². The molecule has 4 aromatic rings. The van der Waals surface area contributed by atoms with Crippen LogP contribution in [0.15, 0.2) is 59.0 Å². The lowest BCUT2D eigenvalue weighted by molar-refractivity contribution is 0.305. The molecule has 0 amide bonds. The van der Waals surface area contributed by atoms with Crippen molar-refractivity contribution in [3.05, 3.63) is 85.3 Å². The first-order valence-electron chi connectivity index (χ1n) is 8.05. The minimum absolute atomic E-state index is 0.144. The van der Waals surface area contributed by atoms with Crippen LogP contribution < -0.4 is 10.3 Å². The summed E-state index contributed by atoms with van der Waals surface area (Å²) in [5, 5.41) is 4.40.